The maximum absolute atomic E-state index is 4.67. The molecule has 0 fully saturated rings. The van der Waals surface area contributed by atoms with Crippen LogP contribution in [-0.4, -0.2) is 19.5 Å². The quantitative estimate of drug-likeness (QED) is 0.565. The molecule has 0 saturated heterocycles. The van der Waals surface area contributed by atoms with Gasteiger partial charge in [0, 0.05) is 11.4 Å². The Hall–Kier alpha value is -3.34. The highest BCUT2D eigenvalue weighted by atomic mass is 15.1. The molecular formula is C20H17N5. The van der Waals surface area contributed by atoms with Gasteiger partial charge in [0.15, 0.2) is 5.82 Å². The minimum absolute atomic E-state index is 0.424. The van der Waals surface area contributed by atoms with E-state index in [1.54, 1.807) is 6.20 Å². The molecule has 0 radical (unpaired) electrons. The van der Waals surface area contributed by atoms with Crippen LogP contribution in [0.2, 0.25) is 0 Å². The zero-order valence-electron chi connectivity index (χ0n) is 14.1. The van der Waals surface area contributed by atoms with Gasteiger partial charge in [0.25, 0.3) is 5.62 Å². The van der Waals surface area contributed by atoms with Crippen LogP contribution in [0.1, 0.15) is 11.4 Å². The van der Waals surface area contributed by atoms with Crippen molar-refractivity contribution in [2.75, 3.05) is 0 Å². The third kappa shape index (κ3) is 2.92. The van der Waals surface area contributed by atoms with Crippen LogP contribution in [-0.2, 0) is 0 Å². The Labute approximate surface area is 145 Å². The Balaban J connectivity index is 1.99. The van der Waals surface area contributed by atoms with Crippen molar-refractivity contribution in [2.24, 2.45) is 4.99 Å². The van der Waals surface area contributed by atoms with Gasteiger partial charge in [0.2, 0.25) is 0 Å². The van der Waals surface area contributed by atoms with E-state index in [2.05, 4.69) is 36.6 Å². The molecule has 0 N–H and O–H groups in total. The average molecular weight is 327 g/mol. The number of aryl methyl sites for hydroxylation is 1. The van der Waals surface area contributed by atoms with Crippen molar-refractivity contribution in [2.45, 2.75) is 13.8 Å². The van der Waals surface area contributed by atoms with E-state index in [9.17, 15) is 0 Å². The van der Waals surface area contributed by atoms with E-state index in [-0.39, 0.29) is 0 Å². The molecule has 0 atom stereocenters. The molecule has 25 heavy (non-hydrogen) atoms. The predicted molar refractivity (Wildman–Crippen MR) is 96.9 cm³/mol. The van der Waals surface area contributed by atoms with Gasteiger partial charge in [-0.2, -0.15) is 4.98 Å². The van der Waals surface area contributed by atoms with Crippen LogP contribution in [0.25, 0.3) is 17.2 Å². The summed E-state index contributed by atoms with van der Waals surface area (Å²) in [5.74, 6) is 0.749. The van der Waals surface area contributed by atoms with Crippen LogP contribution in [0.4, 0.5) is 5.69 Å². The van der Waals surface area contributed by atoms with Gasteiger partial charge < -0.3 is 0 Å². The van der Waals surface area contributed by atoms with E-state index in [1.807, 2.05) is 62.4 Å². The van der Waals surface area contributed by atoms with E-state index in [1.165, 1.54) is 0 Å². The van der Waals surface area contributed by atoms with Crippen LogP contribution < -0.4 is 5.62 Å². The fraction of sp³-hybridized carbons (Fsp3) is 0.100. The van der Waals surface area contributed by atoms with Gasteiger partial charge in [0.05, 0.1) is 17.6 Å². The molecule has 2 aliphatic heterocycles. The molecule has 0 amide bonds. The number of para-hydroxylation sites is 2. The fourth-order valence-electron chi connectivity index (χ4n) is 2.75. The Morgan fingerprint density at radius 2 is 1.52 bits per heavy atom. The molecule has 2 aromatic rings. The van der Waals surface area contributed by atoms with Crippen molar-refractivity contribution in [3.8, 4) is 17.2 Å². The topological polar surface area (TPSA) is 56.0 Å². The van der Waals surface area contributed by atoms with Crippen molar-refractivity contribution in [3.63, 3.8) is 0 Å². The summed E-state index contributed by atoms with van der Waals surface area (Å²) in [5.41, 5.74) is 5.04. The van der Waals surface area contributed by atoms with Gasteiger partial charge in [-0.3, -0.25) is 4.57 Å². The lowest BCUT2D eigenvalue weighted by atomic mass is 10.2. The van der Waals surface area contributed by atoms with E-state index in [0.29, 0.717) is 5.62 Å². The SMILES string of the molecule is Cc1nc2cnc(=Nc3ccccc3)nc-2n(-c2ccccc2)c1C. The maximum atomic E-state index is 4.67. The molecule has 4 rings (SSSR count). The number of rotatable bonds is 2. The van der Waals surface area contributed by atoms with E-state index >= 15 is 0 Å². The first-order valence-corrected chi connectivity index (χ1v) is 8.10. The summed E-state index contributed by atoms with van der Waals surface area (Å²) in [6, 6.07) is 19.8. The third-order valence-electron chi connectivity index (χ3n) is 4.10. The smallest absolute Gasteiger partial charge is 0.252 e. The van der Waals surface area contributed by atoms with Gasteiger partial charge >= 0.3 is 0 Å². The highest BCUT2D eigenvalue weighted by molar-refractivity contribution is 5.55. The van der Waals surface area contributed by atoms with Gasteiger partial charge in [-0.15, -0.1) is 0 Å². The lowest BCUT2D eigenvalue weighted by Crippen LogP contribution is -2.20. The summed E-state index contributed by atoms with van der Waals surface area (Å²) < 4.78 is 2.10. The summed E-state index contributed by atoms with van der Waals surface area (Å²) >= 11 is 0. The molecule has 0 bridgehead atoms. The van der Waals surface area contributed by atoms with Crippen molar-refractivity contribution in [1.29, 1.82) is 0 Å². The second-order valence-electron chi connectivity index (χ2n) is 5.78. The van der Waals surface area contributed by atoms with E-state index in [4.69, 9.17) is 0 Å². The van der Waals surface area contributed by atoms with Crippen molar-refractivity contribution < 1.29 is 0 Å². The second kappa shape index (κ2) is 6.28. The molecule has 5 nitrogen and oxygen atoms in total. The first-order valence-electron chi connectivity index (χ1n) is 8.10. The number of benzene rings is 2. The number of hydrogen-bond donors (Lipinski definition) is 0. The summed E-state index contributed by atoms with van der Waals surface area (Å²) in [6.45, 7) is 4.04. The Kier molecular flexibility index (Phi) is 3.82. The largest absolute Gasteiger partial charge is 0.295 e. The summed E-state index contributed by atoms with van der Waals surface area (Å²) in [5, 5.41) is 0. The van der Waals surface area contributed by atoms with Gasteiger partial charge in [0.1, 0.15) is 5.69 Å². The standard InChI is InChI=1S/C20H17N5/c1-14-15(2)25(17-11-7-4-8-12-17)19-18(22-14)13-21-20(24-19)23-16-9-5-3-6-10-16/h3-13H,1-2H3. The summed E-state index contributed by atoms with van der Waals surface area (Å²) in [7, 11) is 0. The number of nitrogens with zero attached hydrogens (tertiary/aromatic N) is 5. The molecular weight excluding hydrogens is 310 g/mol. The molecule has 0 aromatic heterocycles. The van der Waals surface area contributed by atoms with Crippen LogP contribution in [0.3, 0.4) is 0 Å². The van der Waals surface area contributed by atoms with E-state index in [0.717, 1.165) is 34.3 Å². The van der Waals surface area contributed by atoms with Gasteiger partial charge in [-0.05, 0) is 38.1 Å². The van der Waals surface area contributed by atoms with Crippen LogP contribution in [0.5, 0.6) is 0 Å². The molecule has 5 heteroatoms. The van der Waals surface area contributed by atoms with Gasteiger partial charge in [-0.25, -0.2) is 15.0 Å². The first kappa shape index (κ1) is 15.2. The Morgan fingerprint density at radius 1 is 0.840 bits per heavy atom. The normalized spacial score (nSPS) is 11.8. The minimum Gasteiger partial charge on any atom is -0.295 e. The lowest BCUT2D eigenvalue weighted by molar-refractivity contribution is 0.857. The fourth-order valence-corrected chi connectivity index (χ4v) is 2.75. The molecule has 122 valence electrons. The second-order valence-corrected chi connectivity index (χ2v) is 5.78. The minimum atomic E-state index is 0.424. The maximum Gasteiger partial charge on any atom is 0.252 e. The Morgan fingerprint density at radius 3 is 2.24 bits per heavy atom. The monoisotopic (exact) mass is 327 g/mol. The van der Waals surface area contributed by atoms with Crippen molar-refractivity contribution in [1.82, 2.24) is 19.5 Å². The zero-order valence-corrected chi connectivity index (χ0v) is 14.1. The Bertz CT molecular complexity index is 1050. The summed E-state index contributed by atoms with van der Waals surface area (Å²) in [6.07, 6.45) is 1.73. The van der Waals surface area contributed by atoms with Crippen LogP contribution in [0, 0.1) is 13.8 Å². The molecule has 0 unspecified atom stereocenters. The van der Waals surface area contributed by atoms with Crippen LogP contribution >= 0.6 is 0 Å². The third-order valence-corrected chi connectivity index (χ3v) is 4.10. The van der Waals surface area contributed by atoms with E-state index < -0.39 is 0 Å². The predicted octanol–water partition coefficient (Wildman–Crippen LogP) is 3.62. The molecule has 0 saturated carbocycles. The number of hydrogen-bond acceptors (Lipinski definition) is 4. The number of fused-ring (bicyclic) bond motifs is 1. The average Bonchev–Trinajstić information content (AvgIpc) is 2.65. The molecule has 0 spiro atoms. The van der Waals surface area contributed by atoms with Gasteiger partial charge in [-0.1, -0.05) is 36.4 Å². The highest BCUT2D eigenvalue weighted by Crippen LogP contribution is 2.23. The molecule has 0 aliphatic carbocycles. The highest BCUT2D eigenvalue weighted by Gasteiger charge is 2.16. The van der Waals surface area contributed by atoms with Crippen LogP contribution in [0.15, 0.2) is 71.9 Å². The molecule has 2 heterocycles. The molecule has 2 aromatic carbocycles. The first-order chi connectivity index (χ1) is 12.2. The lowest BCUT2D eigenvalue weighted by Gasteiger charge is -2.18. The van der Waals surface area contributed by atoms with Crippen molar-refractivity contribution >= 4 is 5.69 Å². The number of aromatic nitrogens is 4. The zero-order chi connectivity index (χ0) is 17.2. The summed E-state index contributed by atoms with van der Waals surface area (Å²) in [4.78, 5) is 18.2. The van der Waals surface area contributed by atoms with Crippen molar-refractivity contribution in [3.05, 3.63) is 83.9 Å². The molecule has 2 aliphatic rings.